The van der Waals surface area contributed by atoms with Crippen LogP contribution in [0.3, 0.4) is 0 Å². The number of halogens is 3. The first-order valence-electron chi connectivity index (χ1n) is 9.12. The molecule has 0 saturated carbocycles. The molecule has 1 aromatic carbocycles. The van der Waals surface area contributed by atoms with Gasteiger partial charge in [0.15, 0.2) is 5.78 Å². The normalized spacial score (nSPS) is 18.7. The molecule has 1 aliphatic rings. The molecule has 29 heavy (non-hydrogen) atoms. The maximum atomic E-state index is 12.9. The number of fused-ring (bicyclic) bond motifs is 1. The summed E-state index contributed by atoms with van der Waals surface area (Å²) in [5, 5.41) is 3.89. The molecule has 0 bridgehead atoms. The number of rotatable bonds is 7. The van der Waals surface area contributed by atoms with E-state index in [0.29, 0.717) is 17.3 Å². The van der Waals surface area contributed by atoms with Crippen LogP contribution in [0.4, 0.5) is 0 Å². The molecule has 2 aromatic rings. The fraction of sp³-hybridized carbons (Fsp3) is 0.526. The Morgan fingerprint density at radius 2 is 2.17 bits per heavy atom. The smallest absolute Gasteiger partial charge is 0.261 e. The Morgan fingerprint density at radius 3 is 2.86 bits per heavy atom. The molecule has 3 rings (SSSR count). The lowest BCUT2D eigenvalue weighted by Gasteiger charge is -2.31. The summed E-state index contributed by atoms with van der Waals surface area (Å²) in [4.78, 5) is 30.8. The average molecular weight is 616 g/mol. The Hall–Kier alpha value is -0.260. The Balaban J connectivity index is 0.00000210. The fourth-order valence-electron chi connectivity index (χ4n) is 3.45. The van der Waals surface area contributed by atoms with Crippen LogP contribution in [0.1, 0.15) is 26.2 Å². The van der Waals surface area contributed by atoms with Crippen LogP contribution in [0.15, 0.2) is 32.6 Å². The van der Waals surface area contributed by atoms with Crippen molar-refractivity contribution in [3.05, 3.63) is 33.3 Å². The van der Waals surface area contributed by atoms with Gasteiger partial charge >= 0.3 is 0 Å². The second kappa shape index (κ2) is 12.6. The molecule has 1 saturated heterocycles. The predicted molar refractivity (Wildman–Crippen MR) is 132 cm³/mol. The summed E-state index contributed by atoms with van der Waals surface area (Å²) in [5.74, 6) is 0.909. The summed E-state index contributed by atoms with van der Waals surface area (Å²) >= 11 is 5.19. The van der Waals surface area contributed by atoms with Crippen LogP contribution in [0.2, 0.25) is 0 Å². The highest BCUT2D eigenvalue weighted by Crippen LogP contribution is 2.30. The number of hydrogen-bond acceptors (Lipinski definition) is 6. The van der Waals surface area contributed by atoms with E-state index in [1.54, 1.807) is 18.9 Å². The molecule has 1 aliphatic heterocycles. The minimum Gasteiger partial charge on any atom is -0.380 e. The first kappa shape index (κ1) is 26.8. The molecule has 1 fully saturated rings. The van der Waals surface area contributed by atoms with Gasteiger partial charge in [-0.05, 0) is 53.2 Å². The van der Waals surface area contributed by atoms with Gasteiger partial charge in [0.05, 0.1) is 29.9 Å². The first-order valence-corrected chi connectivity index (χ1v) is 10.9. The van der Waals surface area contributed by atoms with Gasteiger partial charge in [0.25, 0.3) is 5.56 Å². The zero-order chi connectivity index (χ0) is 19.4. The molecule has 0 amide bonds. The summed E-state index contributed by atoms with van der Waals surface area (Å²) < 4.78 is 7.81. The van der Waals surface area contributed by atoms with E-state index >= 15 is 0 Å². The van der Waals surface area contributed by atoms with E-state index in [0.717, 1.165) is 34.5 Å². The van der Waals surface area contributed by atoms with Crippen LogP contribution in [0, 0.1) is 0 Å². The maximum absolute atomic E-state index is 12.9. The molecule has 1 aromatic heterocycles. The molecule has 162 valence electrons. The van der Waals surface area contributed by atoms with Gasteiger partial charge in [0.1, 0.15) is 0 Å². The maximum Gasteiger partial charge on any atom is 0.261 e. The van der Waals surface area contributed by atoms with E-state index in [9.17, 15) is 9.59 Å². The van der Waals surface area contributed by atoms with Gasteiger partial charge in [0.2, 0.25) is 0 Å². The van der Waals surface area contributed by atoms with Gasteiger partial charge in [0, 0.05) is 28.9 Å². The highest BCUT2D eigenvalue weighted by Gasteiger charge is 2.26. The Labute approximate surface area is 204 Å². The number of hydrogen-bond donors (Lipinski definition) is 1. The Kier molecular flexibility index (Phi) is 11.6. The van der Waals surface area contributed by atoms with Gasteiger partial charge in [-0.2, -0.15) is 0 Å². The third-order valence-electron chi connectivity index (χ3n) is 4.80. The molecular formula is C19H26Br3N3O3S. The first-order chi connectivity index (χ1) is 13.0. The van der Waals surface area contributed by atoms with E-state index in [2.05, 4.69) is 33.2 Å². The second-order valence-corrected chi connectivity index (χ2v) is 8.79. The van der Waals surface area contributed by atoms with E-state index in [1.807, 2.05) is 12.1 Å². The van der Waals surface area contributed by atoms with Crippen LogP contribution in [0.25, 0.3) is 10.9 Å². The van der Waals surface area contributed by atoms with Crippen LogP contribution in [-0.2, 0) is 16.1 Å². The highest BCUT2D eigenvalue weighted by atomic mass is 79.9. The van der Waals surface area contributed by atoms with Crippen LogP contribution in [0.5, 0.6) is 0 Å². The monoisotopic (exact) mass is 613 g/mol. The highest BCUT2D eigenvalue weighted by molar-refractivity contribution is 9.10. The molecular weight excluding hydrogens is 590 g/mol. The van der Waals surface area contributed by atoms with Crippen molar-refractivity contribution in [2.75, 3.05) is 19.4 Å². The molecule has 6 nitrogen and oxygen atoms in total. The topological polar surface area (TPSA) is 73.2 Å². The fourth-order valence-corrected chi connectivity index (χ4v) is 4.83. The largest absolute Gasteiger partial charge is 0.380 e. The van der Waals surface area contributed by atoms with Crippen LogP contribution in [-0.4, -0.2) is 46.9 Å². The number of nitrogens with one attached hydrogen (secondary N) is 1. The number of carbonyl (C=O) groups is 1. The minimum absolute atomic E-state index is 0. The van der Waals surface area contributed by atoms with Gasteiger partial charge in [-0.3, -0.25) is 14.2 Å². The SMILES string of the molecule is Br.Br.CCSc1cc2c(=O)n(CC(=O)C[C@H]3NCCC[C@@H]3OC)cnc2cc1Br. The number of ether oxygens (including phenoxy) is 1. The third kappa shape index (κ3) is 6.61. The summed E-state index contributed by atoms with van der Waals surface area (Å²) in [5.41, 5.74) is 0.447. The second-order valence-electron chi connectivity index (χ2n) is 6.63. The average Bonchev–Trinajstić information content (AvgIpc) is 2.66. The minimum atomic E-state index is -0.182. The molecule has 10 heteroatoms. The number of piperidine rings is 1. The quantitative estimate of drug-likeness (QED) is 0.472. The number of nitrogens with zero attached hydrogens (tertiary/aromatic N) is 2. The van der Waals surface area contributed by atoms with Crippen molar-refractivity contribution < 1.29 is 9.53 Å². The van der Waals surface area contributed by atoms with Crippen LogP contribution < -0.4 is 10.9 Å². The summed E-state index contributed by atoms with van der Waals surface area (Å²) in [6.45, 7) is 2.98. The van der Waals surface area contributed by atoms with Crippen molar-refractivity contribution in [2.45, 2.75) is 49.8 Å². The molecule has 2 atom stereocenters. The zero-order valence-corrected chi connectivity index (χ0v) is 22.2. The number of ketones is 1. The number of Topliss-reactive ketones (excluding diaryl/α,β-unsaturated/α-hetero) is 1. The van der Waals surface area contributed by atoms with E-state index in [1.165, 1.54) is 10.9 Å². The number of methoxy groups -OCH3 is 1. The number of carbonyl (C=O) groups excluding carboxylic acids is 1. The third-order valence-corrected chi connectivity index (χ3v) is 6.65. The van der Waals surface area contributed by atoms with Crippen molar-refractivity contribution in [3.63, 3.8) is 0 Å². The zero-order valence-electron chi connectivity index (χ0n) is 16.4. The van der Waals surface area contributed by atoms with Crippen molar-refractivity contribution in [2.24, 2.45) is 0 Å². The summed E-state index contributed by atoms with van der Waals surface area (Å²) in [6.07, 6.45) is 3.85. The molecule has 0 unspecified atom stereocenters. The lowest BCUT2D eigenvalue weighted by Crippen LogP contribution is -2.47. The molecule has 0 aliphatic carbocycles. The number of benzene rings is 1. The number of thioether (sulfide) groups is 1. The molecule has 1 N–H and O–H groups in total. The van der Waals surface area contributed by atoms with E-state index < -0.39 is 0 Å². The number of aromatic nitrogens is 2. The lowest BCUT2D eigenvalue weighted by atomic mass is 9.96. The standard InChI is InChI=1S/C19H24BrN3O3S.2BrH/c1-3-27-18-8-13-15(9-14(18)20)22-11-23(19(13)25)10-12(24)7-16-17(26-2)5-4-6-21-16;;/h8-9,11,16-17,21H,3-7,10H2,1-2H3;2*1H/t16-,17+;;/m1../s1. The van der Waals surface area contributed by atoms with Gasteiger partial charge in [-0.25, -0.2) is 4.98 Å². The lowest BCUT2D eigenvalue weighted by molar-refractivity contribution is -0.121. The van der Waals surface area contributed by atoms with Crippen molar-refractivity contribution >= 4 is 78.3 Å². The van der Waals surface area contributed by atoms with Crippen LogP contribution >= 0.6 is 61.7 Å². The van der Waals surface area contributed by atoms with Crippen molar-refractivity contribution in [3.8, 4) is 0 Å². The van der Waals surface area contributed by atoms with Crippen molar-refractivity contribution in [1.82, 2.24) is 14.9 Å². The van der Waals surface area contributed by atoms with Crippen molar-refractivity contribution in [1.29, 1.82) is 0 Å². The predicted octanol–water partition coefficient (Wildman–Crippen LogP) is 4.15. The molecule has 2 heterocycles. The Bertz CT molecular complexity index is 894. The summed E-state index contributed by atoms with van der Waals surface area (Å²) in [7, 11) is 1.68. The Morgan fingerprint density at radius 1 is 1.41 bits per heavy atom. The molecule has 0 radical (unpaired) electrons. The van der Waals surface area contributed by atoms with Gasteiger partial charge in [-0.1, -0.05) is 6.92 Å². The molecule has 0 spiro atoms. The summed E-state index contributed by atoms with van der Waals surface area (Å²) in [6, 6.07) is 3.72. The van der Waals surface area contributed by atoms with Gasteiger partial charge in [-0.15, -0.1) is 45.7 Å². The van der Waals surface area contributed by atoms with Gasteiger partial charge < -0.3 is 10.1 Å². The van der Waals surface area contributed by atoms with E-state index in [4.69, 9.17) is 4.74 Å². The van der Waals surface area contributed by atoms with E-state index in [-0.39, 0.29) is 64.0 Å².